The second-order valence-electron chi connectivity index (χ2n) is 10.3. The number of anilines is 1. The van der Waals surface area contributed by atoms with E-state index in [-0.39, 0.29) is 11.1 Å². The van der Waals surface area contributed by atoms with E-state index in [2.05, 4.69) is 144 Å². The molecule has 1 nitrogen and oxygen atoms in total. The summed E-state index contributed by atoms with van der Waals surface area (Å²) in [5.41, 5.74) is 1.29. The van der Waals surface area contributed by atoms with E-state index in [1.807, 2.05) is 0 Å². The number of benzene rings is 4. The maximum atomic E-state index is 2.64. The van der Waals surface area contributed by atoms with Crippen LogP contribution in [0.25, 0.3) is 10.8 Å². The molecule has 0 atom stereocenters. The van der Waals surface area contributed by atoms with Gasteiger partial charge in [-0.15, -0.1) is 0 Å². The van der Waals surface area contributed by atoms with E-state index < -0.39 is 7.92 Å². The van der Waals surface area contributed by atoms with Crippen LogP contribution in [0.2, 0.25) is 0 Å². The molecule has 0 spiro atoms. The van der Waals surface area contributed by atoms with Crippen LogP contribution in [0.15, 0.2) is 97.1 Å². The van der Waals surface area contributed by atoms with Gasteiger partial charge in [-0.25, -0.2) is 0 Å². The molecule has 0 heterocycles. The van der Waals surface area contributed by atoms with Crippen LogP contribution in [-0.2, 0) is 0 Å². The largest absolute Gasteiger partial charge is 0.361 e. The molecule has 0 aromatic heterocycles. The predicted octanol–water partition coefficient (Wildman–Crippen LogP) is 7.00. The van der Waals surface area contributed by atoms with Crippen LogP contribution < -0.4 is 20.8 Å². The summed E-state index contributed by atoms with van der Waals surface area (Å²) in [6.07, 6.45) is 0. The van der Waals surface area contributed by atoms with Crippen LogP contribution in [-0.4, -0.2) is 11.1 Å². The highest BCUT2D eigenvalue weighted by atomic mass is 31.1. The number of fused-ring (bicyclic) bond motifs is 1. The van der Waals surface area contributed by atoms with Gasteiger partial charge in [0, 0.05) is 21.8 Å². The second kappa shape index (κ2) is 8.72. The standard InChI is InChI=1S/C30H34NP/c1-29(2,3)31(30(4,5)6)28-26-20-14-13-15-23(26)21-22-27(28)32(24-16-9-7-10-17-24)25-18-11-8-12-19-25/h7-22H,1-6H3. The molecule has 0 aliphatic rings. The fourth-order valence-electron chi connectivity index (χ4n) is 4.92. The Kier molecular flexibility index (Phi) is 6.15. The molecule has 4 aromatic rings. The molecule has 0 bridgehead atoms. The lowest BCUT2D eigenvalue weighted by molar-refractivity contribution is 0.382. The highest BCUT2D eigenvalue weighted by Crippen LogP contribution is 2.43. The van der Waals surface area contributed by atoms with Gasteiger partial charge in [0.05, 0.1) is 5.69 Å². The van der Waals surface area contributed by atoms with Gasteiger partial charge in [-0.05, 0) is 65.5 Å². The zero-order valence-corrected chi connectivity index (χ0v) is 21.0. The molecule has 0 unspecified atom stereocenters. The molecule has 2 heteroatoms. The van der Waals surface area contributed by atoms with Crippen LogP contribution in [0.4, 0.5) is 5.69 Å². The normalized spacial score (nSPS) is 12.3. The Bertz CT molecular complexity index is 1130. The van der Waals surface area contributed by atoms with Crippen LogP contribution in [0.3, 0.4) is 0 Å². The van der Waals surface area contributed by atoms with E-state index >= 15 is 0 Å². The Morgan fingerprint density at radius 3 is 1.50 bits per heavy atom. The van der Waals surface area contributed by atoms with Crippen molar-refractivity contribution in [1.82, 2.24) is 0 Å². The summed E-state index contributed by atoms with van der Waals surface area (Å²) in [4.78, 5) is 2.64. The molecule has 0 saturated carbocycles. The molecule has 164 valence electrons. The molecular formula is C30H34NP. The van der Waals surface area contributed by atoms with Gasteiger partial charge >= 0.3 is 0 Å². The first-order valence-electron chi connectivity index (χ1n) is 11.4. The third-order valence-corrected chi connectivity index (χ3v) is 8.19. The van der Waals surface area contributed by atoms with Crippen molar-refractivity contribution < 1.29 is 0 Å². The van der Waals surface area contributed by atoms with Crippen molar-refractivity contribution in [2.75, 3.05) is 4.90 Å². The average molecular weight is 440 g/mol. The molecule has 0 aliphatic carbocycles. The van der Waals surface area contributed by atoms with Gasteiger partial charge in [0.15, 0.2) is 0 Å². The monoisotopic (exact) mass is 439 g/mol. The number of hydrogen-bond acceptors (Lipinski definition) is 1. The first kappa shape index (κ1) is 22.6. The topological polar surface area (TPSA) is 3.24 Å². The van der Waals surface area contributed by atoms with Crippen molar-refractivity contribution in [3.05, 3.63) is 97.1 Å². The third kappa shape index (κ3) is 4.45. The van der Waals surface area contributed by atoms with E-state index in [9.17, 15) is 0 Å². The lowest BCUT2D eigenvalue weighted by atomic mass is 9.93. The van der Waals surface area contributed by atoms with Gasteiger partial charge in [0.1, 0.15) is 0 Å². The maximum Gasteiger partial charge on any atom is 0.0539 e. The minimum atomic E-state index is -0.708. The molecular weight excluding hydrogens is 405 g/mol. The Morgan fingerprint density at radius 1 is 0.531 bits per heavy atom. The smallest absolute Gasteiger partial charge is 0.0539 e. The summed E-state index contributed by atoms with van der Waals surface area (Å²) in [6, 6.07) is 35.6. The van der Waals surface area contributed by atoms with Gasteiger partial charge in [-0.1, -0.05) is 97.1 Å². The Hall–Kier alpha value is -2.63. The first-order chi connectivity index (χ1) is 15.2. The molecule has 0 amide bonds. The minimum Gasteiger partial charge on any atom is -0.361 e. The van der Waals surface area contributed by atoms with E-state index in [0.717, 1.165) is 0 Å². The summed E-state index contributed by atoms with van der Waals surface area (Å²) in [6.45, 7) is 14.0. The molecule has 0 N–H and O–H groups in total. The molecule has 32 heavy (non-hydrogen) atoms. The molecule has 0 radical (unpaired) electrons. The fourth-order valence-corrected chi connectivity index (χ4v) is 7.37. The van der Waals surface area contributed by atoms with E-state index in [1.54, 1.807) is 0 Å². The van der Waals surface area contributed by atoms with Crippen molar-refractivity contribution in [3.8, 4) is 0 Å². The molecule has 4 aromatic carbocycles. The van der Waals surface area contributed by atoms with Crippen LogP contribution >= 0.6 is 7.92 Å². The number of rotatable bonds is 4. The number of nitrogens with zero attached hydrogens (tertiary/aromatic N) is 1. The Morgan fingerprint density at radius 2 is 1.00 bits per heavy atom. The summed E-state index contributed by atoms with van der Waals surface area (Å²) in [5.74, 6) is 0. The Labute approximate surface area is 194 Å². The quantitative estimate of drug-likeness (QED) is 0.309. The molecule has 0 fully saturated rings. The van der Waals surface area contributed by atoms with Crippen molar-refractivity contribution >= 4 is 40.3 Å². The molecule has 0 aliphatic heterocycles. The summed E-state index contributed by atoms with van der Waals surface area (Å²) < 4.78 is 0. The second-order valence-corrected chi connectivity index (χ2v) is 12.5. The Balaban J connectivity index is 2.11. The van der Waals surface area contributed by atoms with Crippen molar-refractivity contribution in [1.29, 1.82) is 0 Å². The zero-order valence-electron chi connectivity index (χ0n) is 20.1. The summed E-state index contributed by atoms with van der Waals surface area (Å²) in [7, 11) is -0.708. The van der Waals surface area contributed by atoms with Crippen LogP contribution in [0.5, 0.6) is 0 Å². The van der Waals surface area contributed by atoms with Gasteiger partial charge < -0.3 is 4.90 Å². The lowest BCUT2D eigenvalue weighted by Crippen LogP contribution is -2.54. The molecule has 0 saturated heterocycles. The van der Waals surface area contributed by atoms with E-state index in [4.69, 9.17) is 0 Å². The van der Waals surface area contributed by atoms with E-state index in [1.165, 1.54) is 32.4 Å². The fraction of sp³-hybridized carbons (Fsp3) is 0.267. The maximum absolute atomic E-state index is 2.64. The van der Waals surface area contributed by atoms with Crippen molar-refractivity contribution in [3.63, 3.8) is 0 Å². The lowest BCUT2D eigenvalue weighted by Gasteiger charge is -2.49. The average Bonchev–Trinajstić information content (AvgIpc) is 2.75. The highest BCUT2D eigenvalue weighted by Gasteiger charge is 2.36. The van der Waals surface area contributed by atoms with Crippen LogP contribution in [0, 0.1) is 0 Å². The van der Waals surface area contributed by atoms with Crippen molar-refractivity contribution in [2.24, 2.45) is 0 Å². The van der Waals surface area contributed by atoms with Gasteiger partial charge in [-0.3, -0.25) is 0 Å². The first-order valence-corrected chi connectivity index (χ1v) is 12.7. The summed E-state index contributed by atoms with van der Waals surface area (Å²) >= 11 is 0. The number of hydrogen-bond donors (Lipinski definition) is 0. The van der Waals surface area contributed by atoms with Crippen molar-refractivity contribution in [2.45, 2.75) is 52.6 Å². The van der Waals surface area contributed by atoms with Crippen LogP contribution in [0.1, 0.15) is 41.5 Å². The predicted molar refractivity (Wildman–Crippen MR) is 145 cm³/mol. The highest BCUT2D eigenvalue weighted by molar-refractivity contribution is 7.80. The SMILES string of the molecule is CC(C)(C)N(c1c(P(c2ccccc2)c2ccccc2)ccc2ccccc12)C(C)(C)C. The van der Waals surface area contributed by atoms with E-state index in [0.29, 0.717) is 0 Å². The van der Waals surface area contributed by atoms with Gasteiger partial charge in [0.25, 0.3) is 0 Å². The zero-order chi connectivity index (χ0) is 22.9. The van der Waals surface area contributed by atoms with Gasteiger partial charge in [0.2, 0.25) is 0 Å². The minimum absolute atomic E-state index is 0.0362. The third-order valence-electron chi connectivity index (χ3n) is 5.71. The summed E-state index contributed by atoms with van der Waals surface area (Å²) in [5, 5.41) is 6.80. The van der Waals surface area contributed by atoms with Gasteiger partial charge in [-0.2, -0.15) is 0 Å². The molecule has 4 rings (SSSR count).